The van der Waals surface area contributed by atoms with Gasteiger partial charge in [-0.05, 0) is 20.8 Å². The lowest BCUT2D eigenvalue weighted by Crippen LogP contribution is -2.41. The summed E-state index contributed by atoms with van der Waals surface area (Å²) in [5.74, 6) is -1.52. The maximum atomic E-state index is 14.8. The smallest absolute Gasteiger partial charge is 0.406 e. The number of ether oxygens (including phenoxy) is 4. The number of hydrogen-bond acceptors (Lipinski definition) is 21. The predicted molar refractivity (Wildman–Crippen MR) is 189 cm³/mol. The van der Waals surface area contributed by atoms with Gasteiger partial charge in [0.2, 0.25) is 0 Å². The Hall–Kier alpha value is -4.30. The van der Waals surface area contributed by atoms with Crippen LogP contribution in [0, 0.1) is 6.92 Å². The van der Waals surface area contributed by atoms with E-state index in [2.05, 4.69) is 40.1 Å². The summed E-state index contributed by atoms with van der Waals surface area (Å²) in [5.41, 5.74) is 5.55. The summed E-state index contributed by atoms with van der Waals surface area (Å²) < 4.78 is 77.6. The van der Waals surface area contributed by atoms with Crippen LogP contribution in [0.25, 0.3) is 22.3 Å². The molecule has 3 fully saturated rings. The zero-order chi connectivity index (χ0) is 41.0. The highest BCUT2D eigenvalue weighted by Crippen LogP contribution is 2.54. The number of esters is 2. The Labute approximate surface area is 320 Å². The number of aliphatic hydroxyl groups is 2. The monoisotopic (exact) mass is 843 g/mol. The molecule has 3 aliphatic heterocycles. The number of nitrogens with two attached hydrogens (primary N) is 1. The molecule has 4 aromatic rings. The van der Waals surface area contributed by atoms with Crippen molar-refractivity contribution in [3.8, 4) is 0 Å². The fraction of sp³-hybridized carbons (Fsp3) is 0.586. The van der Waals surface area contributed by atoms with Gasteiger partial charge in [-0.1, -0.05) is 0 Å². The van der Waals surface area contributed by atoms with Crippen LogP contribution in [0.3, 0.4) is 0 Å². The minimum absolute atomic E-state index is 0.0137. The number of aromatic amines is 1. The number of methoxy groups -OCH3 is 2. The molecule has 0 aliphatic carbocycles. The van der Waals surface area contributed by atoms with Crippen LogP contribution in [0.5, 0.6) is 0 Å². The predicted octanol–water partition coefficient (Wildman–Crippen LogP) is -1.30. The van der Waals surface area contributed by atoms with Crippen LogP contribution in [0.1, 0.15) is 32.1 Å². The van der Waals surface area contributed by atoms with Crippen LogP contribution in [0.15, 0.2) is 23.8 Å². The summed E-state index contributed by atoms with van der Waals surface area (Å²) in [6.45, 7) is 2.58. The van der Waals surface area contributed by atoms with Gasteiger partial charge in [0, 0.05) is 0 Å². The molecule has 4 aromatic heterocycles. The maximum Gasteiger partial charge on any atom is 0.406 e. The SMILES string of the molecule is COC(=O)C(C)NP1(=O)OC[C@H]2O[C@@H](n3cnc4c(=O)[nH]c(C)nc43)[C@@H](OP(=O)(NC(C)C(=O)OC)OC[C@H]3O[C@@H](n4cnc5c(N)ncnc54)C(O)[C@H]3O1)C2O. The minimum atomic E-state index is -4.84. The summed E-state index contributed by atoms with van der Waals surface area (Å²) in [7, 11) is -7.45. The molecule has 28 heteroatoms. The number of nitrogens with zero attached hydrogens (tertiary/aromatic N) is 7. The highest BCUT2D eigenvalue weighted by Gasteiger charge is 2.55. The summed E-state index contributed by atoms with van der Waals surface area (Å²) in [5, 5.41) is 28.4. The number of aryl methyl sites for hydroxylation is 1. The van der Waals surface area contributed by atoms with Crippen molar-refractivity contribution in [3.05, 3.63) is 35.2 Å². The Morgan fingerprint density at radius 1 is 0.860 bits per heavy atom. The quantitative estimate of drug-likeness (QED) is 0.0887. The van der Waals surface area contributed by atoms with Gasteiger partial charge in [-0.3, -0.25) is 41.6 Å². The number of rotatable bonds is 8. The first-order valence-electron chi connectivity index (χ1n) is 17.2. The number of fused-ring (bicyclic) bond motifs is 5. The average molecular weight is 844 g/mol. The standard InChI is InChI=1S/C29H39N11O15P2/c1-11(28(44)48-4)37-56(46)50-6-14-18(41)21(27(52-14)40-10-34-17-24(40)35-13(3)36-25(17)43)55-57(47,38-12(2)29(45)49-5)51-7-15-20(54-56)19(42)26(53-15)39-9-33-16-22(30)31-8-32-23(16)39/h8-12,14-15,18-21,26-27,41-42H,6-7H2,1-5H3,(H,37,46)(H,38,47)(H2,30,31,32)(H,35,36,43)/t11?,12?,14-,15-,18?,19?,20+,21+,26-,27-,56?,57?/m1/s1. The van der Waals surface area contributed by atoms with Crippen molar-refractivity contribution in [1.29, 1.82) is 0 Å². The van der Waals surface area contributed by atoms with Crippen molar-refractivity contribution in [2.45, 2.75) is 81.9 Å². The lowest BCUT2D eigenvalue weighted by Gasteiger charge is -2.30. The molecule has 0 saturated carbocycles. The highest BCUT2D eigenvalue weighted by molar-refractivity contribution is 7.52. The van der Waals surface area contributed by atoms with Crippen molar-refractivity contribution in [3.63, 3.8) is 0 Å². The van der Waals surface area contributed by atoms with Crippen LogP contribution < -0.4 is 21.5 Å². The zero-order valence-electron chi connectivity index (χ0n) is 30.7. The Morgan fingerprint density at radius 3 is 2.05 bits per heavy atom. The molecule has 2 bridgehead atoms. The van der Waals surface area contributed by atoms with E-state index in [1.165, 1.54) is 42.6 Å². The van der Waals surface area contributed by atoms with E-state index in [9.17, 15) is 33.7 Å². The van der Waals surface area contributed by atoms with Gasteiger partial charge < -0.3 is 39.9 Å². The van der Waals surface area contributed by atoms with E-state index in [4.69, 9.17) is 42.8 Å². The molecule has 3 aliphatic rings. The first-order chi connectivity index (χ1) is 27.0. The second-order valence-corrected chi connectivity index (χ2v) is 16.6. The summed E-state index contributed by atoms with van der Waals surface area (Å²) >= 11 is 0. The topological polar surface area (TPSA) is 340 Å². The van der Waals surface area contributed by atoms with Gasteiger partial charge in [-0.15, -0.1) is 0 Å². The van der Waals surface area contributed by atoms with E-state index in [1.807, 2.05) is 0 Å². The van der Waals surface area contributed by atoms with Crippen LogP contribution in [-0.2, 0) is 55.8 Å². The van der Waals surface area contributed by atoms with Gasteiger partial charge in [-0.2, -0.15) is 0 Å². The maximum absolute atomic E-state index is 14.8. The molecule has 26 nitrogen and oxygen atoms in total. The van der Waals surface area contributed by atoms with Gasteiger partial charge in [0.05, 0.1) is 40.1 Å². The van der Waals surface area contributed by atoms with Gasteiger partial charge in [0.1, 0.15) is 66.4 Å². The van der Waals surface area contributed by atoms with E-state index < -0.39 is 107 Å². The van der Waals surface area contributed by atoms with Crippen molar-refractivity contribution < 1.29 is 66.0 Å². The molecule has 310 valence electrons. The largest absolute Gasteiger partial charge is 0.468 e. The third kappa shape index (κ3) is 7.83. The molecule has 0 amide bonds. The van der Waals surface area contributed by atoms with E-state index >= 15 is 0 Å². The number of aliphatic hydroxyl groups excluding tert-OH is 2. The summed E-state index contributed by atoms with van der Waals surface area (Å²) in [4.78, 5) is 61.0. The Bertz CT molecular complexity index is 2320. The van der Waals surface area contributed by atoms with Gasteiger partial charge in [0.15, 0.2) is 35.1 Å². The first kappa shape index (κ1) is 40.9. The lowest BCUT2D eigenvalue weighted by atomic mass is 10.1. The number of nitrogen functional groups attached to an aromatic ring is 1. The molecule has 7 heterocycles. The van der Waals surface area contributed by atoms with Crippen molar-refractivity contribution in [2.75, 3.05) is 33.2 Å². The normalized spacial score (nSPS) is 33.2. The molecule has 0 radical (unpaired) electrons. The van der Waals surface area contributed by atoms with E-state index in [0.29, 0.717) is 0 Å². The zero-order valence-corrected chi connectivity index (χ0v) is 32.5. The Kier molecular flexibility index (Phi) is 11.3. The van der Waals surface area contributed by atoms with E-state index in [-0.39, 0.29) is 34.0 Å². The number of anilines is 1. The number of carbonyl (C=O) groups excluding carboxylic acids is 2. The molecule has 12 atom stereocenters. The number of nitrogens with one attached hydrogen (secondary N) is 3. The lowest BCUT2D eigenvalue weighted by molar-refractivity contribution is -0.143. The molecule has 0 aromatic carbocycles. The molecule has 57 heavy (non-hydrogen) atoms. The number of imidazole rings is 2. The Balaban J connectivity index is 1.31. The second-order valence-electron chi connectivity index (χ2n) is 13.1. The third-order valence-electron chi connectivity index (χ3n) is 9.26. The van der Waals surface area contributed by atoms with Gasteiger partial charge in [-0.25, -0.2) is 44.2 Å². The summed E-state index contributed by atoms with van der Waals surface area (Å²) in [6, 6.07) is -2.67. The summed E-state index contributed by atoms with van der Waals surface area (Å²) in [6.07, 6.45) is -9.09. The van der Waals surface area contributed by atoms with Gasteiger partial charge in [0.25, 0.3) is 5.56 Å². The van der Waals surface area contributed by atoms with E-state index in [0.717, 1.165) is 20.5 Å². The average Bonchev–Trinajstić information content (AvgIpc) is 3.94. The fourth-order valence-electron chi connectivity index (χ4n) is 6.48. The van der Waals surface area contributed by atoms with Crippen molar-refractivity contribution in [2.24, 2.45) is 0 Å². The molecule has 6 unspecified atom stereocenters. The van der Waals surface area contributed by atoms with Crippen LogP contribution in [0.4, 0.5) is 5.82 Å². The van der Waals surface area contributed by atoms with Crippen LogP contribution in [0.2, 0.25) is 0 Å². The molecular weight excluding hydrogens is 804 g/mol. The first-order valence-corrected chi connectivity index (χ1v) is 20.2. The number of carbonyl (C=O) groups is 2. The third-order valence-corrected chi connectivity index (χ3v) is 12.7. The van der Waals surface area contributed by atoms with Gasteiger partial charge >= 0.3 is 27.4 Å². The van der Waals surface area contributed by atoms with Crippen LogP contribution in [-0.4, -0.2) is 137 Å². The molecule has 7 rings (SSSR count). The number of aromatic nitrogens is 8. The van der Waals surface area contributed by atoms with Crippen molar-refractivity contribution in [1.82, 2.24) is 49.2 Å². The number of hydrogen-bond donors (Lipinski definition) is 6. The second kappa shape index (κ2) is 15.8. The molecule has 7 N–H and O–H groups in total. The fourth-order valence-corrected chi connectivity index (χ4v) is 9.85. The molecule has 0 spiro atoms. The van der Waals surface area contributed by atoms with Crippen molar-refractivity contribution >= 4 is 55.6 Å². The Morgan fingerprint density at radius 2 is 1.42 bits per heavy atom. The minimum Gasteiger partial charge on any atom is -0.468 e. The molecular formula is C29H39N11O15P2. The van der Waals surface area contributed by atoms with Crippen LogP contribution >= 0.6 is 15.5 Å². The highest BCUT2D eigenvalue weighted by atomic mass is 31.2. The number of H-pyrrole nitrogens is 1. The van der Waals surface area contributed by atoms with E-state index in [1.54, 1.807) is 0 Å². The molecule has 3 saturated heterocycles.